The zero-order valence-corrected chi connectivity index (χ0v) is 18.1. The van der Waals surface area contributed by atoms with Gasteiger partial charge in [-0.1, -0.05) is 6.07 Å². The zero-order chi connectivity index (χ0) is 22.6. The van der Waals surface area contributed by atoms with E-state index in [1.165, 1.54) is 6.07 Å². The lowest BCUT2D eigenvalue weighted by atomic mass is 9.79. The third-order valence-corrected chi connectivity index (χ3v) is 6.24. The van der Waals surface area contributed by atoms with E-state index in [9.17, 15) is 14.4 Å². The van der Waals surface area contributed by atoms with Crippen molar-refractivity contribution in [1.82, 2.24) is 15.1 Å². The van der Waals surface area contributed by atoms with Gasteiger partial charge in [0, 0.05) is 29.1 Å². The number of nitrogens with one attached hydrogen (secondary N) is 2. The first-order valence-electron chi connectivity index (χ1n) is 10.7. The fourth-order valence-corrected chi connectivity index (χ4v) is 4.97. The van der Waals surface area contributed by atoms with Gasteiger partial charge < -0.3 is 15.0 Å². The van der Waals surface area contributed by atoms with Crippen molar-refractivity contribution in [1.29, 1.82) is 5.26 Å². The summed E-state index contributed by atoms with van der Waals surface area (Å²) in [6, 6.07) is 10.1. The number of carbonyl (C=O) groups is 1. The zero-order valence-electron chi connectivity index (χ0n) is 18.1. The average Bonchev–Trinajstić information content (AvgIpc) is 3.39. The van der Waals surface area contributed by atoms with Crippen LogP contribution in [0.5, 0.6) is 0 Å². The van der Waals surface area contributed by atoms with Crippen molar-refractivity contribution in [2.24, 2.45) is 5.92 Å². The Balaban J connectivity index is 1.63. The number of aromatic nitrogens is 2. The number of fused-ring (bicyclic) bond motifs is 5. The highest BCUT2D eigenvalue weighted by molar-refractivity contribution is 5.89. The predicted molar refractivity (Wildman–Crippen MR) is 117 cm³/mol. The van der Waals surface area contributed by atoms with Crippen molar-refractivity contribution in [2.75, 3.05) is 11.9 Å². The number of ether oxygens (including phenoxy) is 1. The number of halogens is 1. The minimum Gasteiger partial charge on any atom is -0.444 e. The minimum atomic E-state index is -0.607. The molecule has 3 atom stereocenters. The van der Waals surface area contributed by atoms with Crippen molar-refractivity contribution >= 4 is 22.7 Å². The molecule has 5 rings (SSSR count). The number of aromatic amines is 1. The number of carbonyl (C=O) groups excluding carboxylic acids is 1. The third kappa shape index (κ3) is 3.25. The molecule has 0 unspecified atom stereocenters. The maximum absolute atomic E-state index is 14.0. The molecule has 0 bridgehead atoms. The quantitative estimate of drug-likeness (QED) is 0.561. The highest BCUT2D eigenvalue weighted by atomic mass is 19.1. The Hall–Kier alpha value is -3.60. The summed E-state index contributed by atoms with van der Waals surface area (Å²) in [5, 5.41) is 21.1. The largest absolute Gasteiger partial charge is 0.444 e. The summed E-state index contributed by atoms with van der Waals surface area (Å²) in [4.78, 5) is 15.0. The van der Waals surface area contributed by atoms with Gasteiger partial charge in [0.25, 0.3) is 0 Å². The van der Waals surface area contributed by atoms with Gasteiger partial charge in [0.1, 0.15) is 17.5 Å². The monoisotopic (exact) mass is 433 g/mol. The van der Waals surface area contributed by atoms with Crippen molar-refractivity contribution < 1.29 is 13.9 Å². The Morgan fingerprint density at radius 2 is 2.12 bits per heavy atom. The normalized spacial score (nSPS) is 22.1. The molecule has 0 aliphatic carbocycles. The lowest BCUT2D eigenvalue weighted by molar-refractivity contribution is 0.0199. The molecule has 0 saturated carbocycles. The first kappa shape index (κ1) is 20.3. The lowest BCUT2D eigenvalue weighted by Gasteiger charge is -2.40. The molecule has 2 N–H and O–H groups in total. The van der Waals surface area contributed by atoms with Gasteiger partial charge in [-0.2, -0.15) is 10.4 Å². The highest BCUT2D eigenvalue weighted by Crippen LogP contribution is 2.53. The summed E-state index contributed by atoms with van der Waals surface area (Å²) < 4.78 is 19.7. The number of rotatable bonds is 1. The second-order valence-corrected chi connectivity index (χ2v) is 9.40. The molecule has 2 aliphatic heterocycles. The summed E-state index contributed by atoms with van der Waals surface area (Å²) >= 11 is 0. The van der Waals surface area contributed by atoms with Crippen LogP contribution in [-0.4, -0.2) is 33.3 Å². The Labute approximate surface area is 185 Å². The van der Waals surface area contributed by atoms with E-state index in [2.05, 4.69) is 15.5 Å². The van der Waals surface area contributed by atoms with Crippen LogP contribution in [0, 0.1) is 23.1 Å². The molecule has 1 saturated heterocycles. The van der Waals surface area contributed by atoms with Gasteiger partial charge >= 0.3 is 6.09 Å². The van der Waals surface area contributed by atoms with Gasteiger partial charge in [0.05, 0.1) is 29.4 Å². The lowest BCUT2D eigenvalue weighted by Crippen LogP contribution is -2.40. The molecule has 164 valence electrons. The van der Waals surface area contributed by atoms with Crippen LogP contribution in [0.4, 0.5) is 14.9 Å². The van der Waals surface area contributed by atoms with E-state index in [0.717, 1.165) is 34.1 Å². The molecule has 2 aliphatic rings. The van der Waals surface area contributed by atoms with Crippen molar-refractivity contribution in [2.45, 2.75) is 44.9 Å². The number of anilines is 1. The van der Waals surface area contributed by atoms with Crippen LogP contribution in [0.25, 0.3) is 10.9 Å². The van der Waals surface area contributed by atoms with Crippen LogP contribution in [0.15, 0.2) is 36.5 Å². The fraction of sp³-hybridized carbons (Fsp3) is 0.375. The van der Waals surface area contributed by atoms with Gasteiger partial charge in [-0.3, -0.25) is 5.10 Å². The molecule has 1 fully saturated rings. The fourth-order valence-electron chi connectivity index (χ4n) is 4.97. The Kier molecular flexibility index (Phi) is 4.59. The van der Waals surface area contributed by atoms with Gasteiger partial charge in [-0.25, -0.2) is 9.18 Å². The van der Waals surface area contributed by atoms with Crippen molar-refractivity contribution in [3.05, 3.63) is 59.0 Å². The van der Waals surface area contributed by atoms with Gasteiger partial charge in [0.2, 0.25) is 0 Å². The molecular weight excluding hydrogens is 409 g/mol. The molecule has 3 aromatic rings. The molecule has 32 heavy (non-hydrogen) atoms. The molecule has 2 aromatic carbocycles. The Morgan fingerprint density at radius 3 is 2.88 bits per heavy atom. The highest BCUT2D eigenvalue weighted by Gasteiger charge is 2.48. The molecule has 1 aromatic heterocycles. The van der Waals surface area contributed by atoms with E-state index in [4.69, 9.17) is 4.74 Å². The first-order chi connectivity index (χ1) is 15.3. The molecule has 1 amide bonds. The van der Waals surface area contributed by atoms with E-state index >= 15 is 0 Å². The second-order valence-electron chi connectivity index (χ2n) is 9.40. The van der Waals surface area contributed by atoms with Crippen LogP contribution >= 0.6 is 0 Å². The van der Waals surface area contributed by atoms with Crippen LogP contribution in [0.2, 0.25) is 0 Å². The van der Waals surface area contributed by atoms with E-state index < -0.39 is 11.4 Å². The number of hydrogen-bond donors (Lipinski definition) is 2. The summed E-state index contributed by atoms with van der Waals surface area (Å²) in [7, 11) is 0. The summed E-state index contributed by atoms with van der Waals surface area (Å²) in [5.74, 6) is -0.515. The molecule has 7 nitrogen and oxygen atoms in total. The smallest absolute Gasteiger partial charge is 0.410 e. The number of nitrogens with zero attached hydrogens (tertiary/aromatic N) is 3. The number of nitriles is 1. The van der Waals surface area contributed by atoms with E-state index in [0.29, 0.717) is 6.54 Å². The van der Waals surface area contributed by atoms with E-state index in [1.807, 2.05) is 39.0 Å². The standard InChI is InChI=1S/C24H24FN5O2/c1-24(2,3)32-23(31)30-9-8-15-21(13-4-5-17(25)14(10-13)11-26)28-19-7-6-18-16(12-27-29-18)20(19)22(15)30/h4-7,10,12,15,21-22,28H,8-9H2,1-3H3,(H,27,29)/t15-,21-,22-/m0/s1. The van der Waals surface area contributed by atoms with Crippen LogP contribution in [-0.2, 0) is 4.74 Å². The summed E-state index contributed by atoms with van der Waals surface area (Å²) in [6.45, 7) is 6.11. The second kappa shape index (κ2) is 7.23. The van der Waals surface area contributed by atoms with Crippen molar-refractivity contribution in [3.63, 3.8) is 0 Å². The van der Waals surface area contributed by atoms with Gasteiger partial charge in [-0.15, -0.1) is 0 Å². The number of likely N-dealkylation sites (tertiary alicyclic amines) is 1. The molecule has 0 radical (unpaired) electrons. The van der Waals surface area contributed by atoms with Gasteiger partial charge in [0.15, 0.2) is 0 Å². The number of hydrogen-bond acceptors (Lipinski definition) is 5. The molecule has 0 spiro atoms. The van der Waals surface area contributed by atoms with E-state index in [1.54, 1.807) is 23.2 Å². The van der Waals surface area contributed by atoms with Crippen LogP contribution in [0.1, 0.15) is 56.0 Å². The van der Waals surface area contributed by atoms with Gasteiger partial charge in [-0.05, 0) is 57.0 Å². The third-order valence-electron chi connectivity index (χ3n) is 6.24. The van der Waals surface area contributed by atoms with E-state index in [-0.39, 0.29) is 29.7 Å². The SMILES string of the molecule is CC(C)(C)OC(=O)N1CC[C@@H]2[C@H]1c1c(ccc3[nH]ncc13)N[C@H]2c1ccc(F)c(C#N)c1. The first-order valence-corrected chi connectivity index (χ1v) is 10.7. The summed E-state index contributed by atoms with van der Waals surface area (Å²) in [6.07, 6.45) is 2.17. The summed E-state index contributed by atoms with van der Waals surface area (Å²) in [5.41, 5.74) is 3.02. The van der Waals surface area contributed by atoms with Crippen LogP contribution < -0.4 is 5.32 Å². The minimum absolute atomic E-state index is 0.0129. The van der Waals surface area contributed by atoms with Crippen molar-refractivity contribution in [3.8, 4) is 6.07 Å². The van der Waals surface area contributed by atoms with Crippen LogP contribution in [0.3, 0.4) is 0 Å². The maximum atomic E-state index is 14.0. The average molecular weight is 433 g/mol. The Bertz CT molecular complexity index is 1260. The number of amides is 1. The Morgan fingerprint density at radius 1 is 1.31 bits per heavy atom. The molecule has 3 heterocycles. The molecule has 8 heteroatoms. The molecular formula is C24H24FN5O2. The number of benzene rings is 2. The number of H-pyrrole nitrogens is 1. The predicted octanol–water partition coefficient (Wildman–Crippen LogP) is 5.04. The maximum Gasteiger partial charge on any atom is 0.410 e. The topological polar surface area (TPSA) is 94.0 Å².